The summed E-state index contributed by atoms with van der Waals surface area (Å²) in [6.45, 7) is 4.04. The number of ether oxygens (including phenoxy) is 1. The van der Waals surface area contributed by atoms with Gasteiger partial charge in [0.05, 0.1) is 12.6 Å². The summed E-state index contributed by atoms with van der Waals surface area (Å²) in [5, 5.41) is 1.29. The minimum atomic E-state index is -0.332. The molecule has 0 saturated heterocycles. The van der Waals surface area contributed by atoms with Crippen LogP contribution in [-0.2, 0) is 13.0 Å². The molecule has 0 unspecified atom stereocenters. The van der Waals surface area contributed by atoms with Crippen LogP contribution in [0, 0.1) is 12.7 Å². The Bertz CT molecular complexity index is 929. The van der Waals surface area contributed by atoms with Gasteiger partial charge in [-0.2, -0.15) is 0 Å². The summed E-state index contributed by atoms with van der Waals surface area (Å²) >= 11 is 0. The van der Waals surface area contributed by atoms with Crippen LogP contribution in [0.4, 0.5) is 4.39 Å². The molecule has 1 aliphatic rings. The van der Waals surface area contributed by atoms with Gasteiger partial charge in [0, 0.05) is 35.9 Å². The molecule has 0 N–H and O–H groups in total. The van der Waals surface area contributed by atoms with Crippen LogP contribution in [0.2, 0.25) is 0 Å². The SMILES string of the molecule is COc1ccc(-n2c3c(c4cc(C)ccc42)CCN(C)C3)cc1F. The van der Waals surface area contributed by atoms with Gasteiger partial charge >= 0.3 is 0 Å². The molecule has 0 radical (unpaired) electrons. The highest BCUT2D eigenvalue weighted by molar-refractivity contribution is 5.88. The van der Waals surface area contributed by atoms with Crippen LogP contribution in [-0.4, -0.2) is 30.2 Å². The van der Waals surface area contributed by atoms with Crippen LogP contribution in [0.3, 0.4) is 0 Å². The summed E-state index contributed by atoms with van der Waals surface area (Å²) in [7, 11) is 3.62. The van der Waals surface area contributed by atoms with E-state index in [1.807, 2.05) is 6.07 Å². The van der Waals surface area contributed by atoms with Gasteiger partial charge in [0.1, 0.15) is 0 Å². The molecule has 0 saturated carbocycles. The molecule has 4 heteroatoms. The van der Waals surface area contributed by atoms with Crippen LogP contribution in [0.1, 0.15) is 16.8 Å². The summed E-state index contributed by atoms with van der Waals surface area (Å²) < 4.78 is 21.5. The molecule has 0 aliphatic carbocycles. The summed E-state index contributed by atoms with van der Waals surface area (Å²) in [6.07, 6.45) is 1.03. The van der Waals surface area contributed by atoms with Crippen LogP contribution >= 0.6 is 0 Å². The number of hydrogen-bond donors (Lipinski definition) is 0. The summed E-state index contributed by atoms with van der Waals surface area (Å²) in [5.74, 6) is -0.0566. The maximum atomic E-state index is 14.3. The molecule has 3 nitrogen and oxygen atoms in total. The summed E-state index contributed by atoms with van der Waals surface area (Å²) in [4.78, 5) is 2.31. The van der Waals surface area contributed by atoms with E-state index in [9.17, 15) is 4.39 Å². The fraction of sp³-hybridized carbons (Fsp3) is 0.300. The molecule has 0 spiro atoms. The lowest BCUT2D eigenvalue weighted by atomic mass is 10.0. The van der Waals surface area contributed by atoms with E-state index >= 15 is 0 Å². The zero-order valence-electron chi connectivity index (χ0n) is 14.3. The van der Waals surface area contributed by atoms with Crippen molar-refractivity contribution in [1.29, 1.82) is 0 Å². The van der Waals surface area contributed by atoms with Gasteiger partial charge in [0.25, 0.3) is 0 Å². The van der Waals surface area contributed by atoms with Crippen molar-refractivity contribution in [3.05, 3.63) is 59.0 Å². The predicted molar refractivity (Wildman–Crippen MR) is 94.6 cm³/mol. The van der Waals surface area contributed by atoms with E-state index in [2.05, 4.69) is 41.6 Å². The molecular formula is C20H21FN2O. The number of benzene rings is 2. The molecule has 0 amide bonds. The maximum Gasteiger partial charge on any atom is 0.167 e. The number of aromatic nitrogens is 1. The second-order valence-electron chi connectivity index (χ2n) is 6.59. The van der Waals surface area contributed by atoms with Gasteiger partial charge in [-0.05, 0) is 50.2 Å². The van der Waals surface area contributed by atoms with E-state index in [4.69, 9.17) is 4.74 Å². The van der Waals surface area contributed by atoms with Gasteiger partial charge in [-0.15, -0.1) is 0 Å². The molecule has 0 atom stereocenters. The normalized spacial score (nSPS) is 14.8. The number of likely N-dealkylation sites (N-methyl/N-ethyl adjacent to an activating group) is 1. The van der Waals surface area contributed by atoms with E-state index in [1.165, 1.54) is 29.3 Å². The smallest absolute Gasteiger partial charge is 0.167 e. The first-order valence-electron chi connectivity index (χ1n) is 8.24. The van der Waals surface area contributed by atoms with Gasteiger partial charge in [-0.3, -0.25) is 0 Å². The van der Waals surface area contributed by atoms with Gasteiger partial charge in [-0.1, -0.05) is 11.6 Å². The van der Waals surface area contributed by atoms with Crippen molar-refractivity contribution in [2.24, 2.45) is 0 Å². The highest BCUT2D eigenvalue weighted by atomic mass is 19.1. The number of fused-ring (bicyclic) bond motifs is 3. The minimum absolute atomic E-state index is 0.275. The van der Waals surface area contributed by atoms with Gasteiger partial charge in [0.15, 0.2) is 11.6 Å². The van der Waals surface area contributed by atoms with E-state index in [-0.39, 0.29) is 11.6 Å². The molecule has 24 heavy (non-hydrogen) atoms. The van der Waals surface area contributed by atoms with Crippen LogP contribution in [0.25, 0.3) is 16.6 Å². The van der Waals surface area contributed by atoms with Crippen LogP contribution in [0.15, 0.2) is 36.4 Å². The van der Waals surface area contributed by atoms with Crippen molar-refractivity contribution < 1.29 is 9.13 Å². The van der Waals surface area contributed by atoms with E-state index in [0.717, 1.165) is 30.7 Å². The molecule has 1 aromatic heterocycles. The number of hydrogen-bond acceptors (Lipinski definition) is 2. The first kappa shape index (κ1) is 15.2. The van der Waals surface area contributed by atoms with Gasteiger partial charge in [0.2, 0.25) is 0 Å². The Morgan fingerprint density at radius 1 is 1.12 bits per heavy atom. The summed E-state index contributed by atoms with van der Waals surface area (Å²) in [5.41, 5.74) is 5.89. The highest BCUT2D eigenvalue weighted by Crippen LogP contribution is 2.34. The molecule has 0 bridgehead atoms. The Morgan fingerprint density at radius 2 is 1.96 bits per heavy atom. The monoisotopic (exact) mass is 324 g/mol. The number of halogens is 1. The first-order chi connectivity index (χ1) is 11.6. The third-order valence-electron chi connectivity index (χ3n) is 4.89. The Kier molecular flexibility index (Phi) is 3.57. The topological polar surface area (TPSA) is 17.4 Å². The zero-order valence-corrected chi connectivity index (χ0v) is 14.3. The Labute approximate surface area is 141 Å². The lowest BCUT2D eigenvalue weighted by Crippen LogP contribution is -2.27. The first-order valence-corrected chi connectivity index (χ1v) is 8.24. The van der Waals surface area contributed by atoms with Crippen molar-refractivity contribution in [2.75, 3.05) is 20.7 Å². The molecule has 3 aromatic rings. The number of methoxy groups -OCH3 is 1. The number of rotatable bonds is 2. The average Bonchev–Trinajstić information content (AvgIpc) is 2.87. The molecule has 4 rings (SSSR count). The standard InChI is InChI=1S/C20H21FN2O/c1-13-4-6-18-16(10-13)15-8-9-22(2)12-19(15)23(18)14-5-7-20(24-3)17(21)11-14/h4-7,10-11H,8-9,12H2,1-3H3. The van der Waals surface area contributed by atoms with E-state index in [0.29, 0.717) is 0 Å². The third kappa shape index (κ3) is 2.29. The van der Waals surface area contributed by atoms with Crippen molar-refractivity contribution in [3.8, 4) is 11.4 Å². The highest BCUT2D eigenvalue weighted by Gasteiger charge is 2.23. The van der Waals surface area contributed by atoms with Crippen LogP contribution in [0.5, 0.6) is 5.75 Å². The average molecular weight is 324 g/mol. The van der Waals surface area contributed by atoms with E-state index in [1.54, 1.807) is 12.1 Å². The molecule has 124 valence electrons. The largest absolute Gasteiger partial charge is 0.494 e. The van der Waals surface area contributed by atoms with Crippen molar-refractivity contribution in [1.82, 2.24) is 9.47 Å². The zero-order chi connectivity index (χ0) is 16.8. The Hall–Kier alpha value is -2.33. The maximum absolute atomic E-state index is 14.3. The second-order valence-corrected chi connectivity index (χ2v) is 6.59. The molecular weight excluding hydrogens is 303 g/mol. The fourth-order valence-corrected chi connectivity index (χ4v) is 3.69. The predicted octanol–water partition coefficient (Wildman–Crippen LogP) is 4.07. The number of nitrogens with zero attached hydrogens (tertiary/aromatic N) is 2. The molecule has 2 heterocycles. The van der Waals surface area contributed by atoms with Crippen molar-refractivity contribution in [3.63, 3.8) is 0 Å². The fourth-order valence-electron chi connectivity index (χ4n) is 3.69. The minimum Gasteiger partial charge on any atom is -0.494 e. The summed E-state index contributed by atoms with van der Waals surface area (Å²) in [6, 6.07) is 11.7. The van der Waals surface area contributed by atoms with Gasteiger partial charge in [-0.25, -0.2) is 4.39 Å². The van der Waals surface area contributed by atoms with E-state index < -0.39 is 0 Å². The van der Waals surface area contributed by atoms with Crippen LogP contribution < -0.4 is 4.74 Å². The molecule has 2 aromatic carbocycles. The number of aryl methyl sites for hydroxylation is 1. The van der Waals surface area contributed by atoms with Crippen molar-refractivity contribution in [2.45, 2.75) is 19.9 Å². The molecule has 0 fully saturated rings. The van der Waals surface area contributed by atoms with Gasteiger partial charge < -0.3 is 14.2 Å². The Balaban J connectivity index is 2.01. The molecule has 1 aliphatic heterocycles. The lowest BCUT2D eigenvalue weighted by molar-refractivity contribution is 0.307. The lowest BCUT2D eigenvalue weighted by Gasteiger charge is -2.24. The third-order valence-corrected chi connectivity index (χ3v) is 4.89. The second kappa shape index (κ2) is 5.64. The van der Waals surface area contributed by atoms with Crippen molar-refractivity contribution >= 4 is 10.9 Å². The Morgan fingerprint density at radius 3 is 2.71 bits per heavy atom. The quantitative estimate of drug-likeness (QED) is 0.707.